The van der Waals surface area contributed by atoms with E-state index in [0.29, 0.717) is 13.1 Å². The van der Waals surface area contributed by atoms with Gasteiger partial charge >= 0.3 is 5.97 Å². The van der Waals surface area contributed by atoms with E-state index in [9.17, 15) is 22.4 Å². The highest BCUT2D eigenvalue weighted by atomic mass is 32.2. The number of anilines is 1. The number of para-hydroxylation sites is 1. The first-order chi connectivity index (χ1) is 13.8. The highest BCUT2D eigenvalue weighted by Crippen LogP contribution is 2.23. The number of nitrogens with one attached hydrogen (secondary N) is 1. The lowest BCUT2D eigenvalue weighted by Gasteiger charge is -2.16. The highest BCUT2D eigenvalue weighted by molar-refractivity contribution is 7.92. The van der Waals surface area contributed by atoms with E-state index < -0.39 is 28.4 Å². The van der Waals surface area contributed by atoms with Gasteiger partial charge in [-0.25, -0.2) is 17.6 Å². The van der Waals surface area contributed by atoms with Crippen LogP contribution in [0.25, 0.3) is 0 Å². The maximum Gasteiger partial charge on any atom is 0.340 e. The van der Waals surface area contributed by atoms with Crippen molar-refractivity contribution in [1.29, 1.82) is 0 Å². The topological polar surface area (TPSA) is 92.8 Å². The van der Waals surface area contributed by atoms with Crippen molar-refractivity contribution >= 4 is 27.6 Å². The van der Waals surface area contributed by atoms with Crippen LogP contribution in [0.1, 0.15) is 28.8 Å². The summed E-state index contributed by atoms with van der Waals surface area (Å²) in [5.41, 5.74) is 0.216. The van der Waals surface area contributed by atoms with Crippen LogP contribution in [0.2, 0.25) is 0 Å². The molecule has 154 valence electrons. The first-order valence-electron chi connectivity index (χ1n) is 9.11. The van der Waals surface area contributed by atoms with Gasteiger partial charge in [0.15, 0.2) is 6.61 Å². The molecule has 1 aliphatic rings. The molecule has 9 heteroatoms. The SMILES string of the molecule is Cc1cc(F)ccc1S(=O)(=O)Nc1ccccc1C(=O)OCC(=O)N1CCCC1. The molecule has 29 heavy (non-hydrogen) atoms. The van der Waals surface area contributed by atoms with Gasteiger partial charge < -0.3 is 9.64 Å². The normalized spacial score (nSPS) is 13.9. The lowest BCUT2D eigenvalue weighted by Crippen LogP contribution is -2.32. The summed E-state index contributed by atoms with van der Waals surface area (Å²) in [6, 6.07) is 9.24. The maximum absolute atomic E-state index is 13.3. The van der Waals surface area contributed by atoms with Gasteiger partial charge in [-0.05, 0) is 55.7 Å². The number of sulfonamides is 1. The Morgan fingerprint density at radius 3 is 2.52 bits per heavy atom. The van der Waals surface area contributed by atoms with Gasteiger partial charge in [0.2, 0.25) is 0 Å². The Kier molecular flexibility index (Phi) is 6.17. The summed E-state index contributed by atoms with van der Waals surface area (Å²) >= 11 is 0. The Hall–Kier alpha value is -2.94. The number of hydrogen-bond acceptors (Lipinski definition) is 5. The summed E-state index contributed by atoms with van der Waals surface area (Å²) in [5, 5.41) is 0. The summed E-state index contributed by atoms with van der Waals surface area (Å²) in [5.74, 6) is -1.64. The van der Waals surface area contributed by atoms with Crippen molar-refractivity contribution in [2.24, 2.45) is 0 Å². The van der Waals surface area contributed by atoms with Crippen LogP contribution in [0.15, 0.2) is 47.4 Å². The van der Waals surface area contributed by atoms with E-state index in [2.05, 4.69) is 4.72 Å². The largest absolute Gasteiger partial charge is 0.452 e. The van der Waals surface area contributed by atoms with Crippen molar-refractivity contribution in [3.63, 3.8) is 0 Å². The molecule has 1 aliphatic heterocycles. The van der Waals surface area contributed by atoms with E-state index in [4.69, 9.17) is 4.74 Å². The zero-order valence-electron chi connectivity index (χ0n) is 15.9. The van der Waals surface area contributed by atoms with Crippen LogP contribution in [-0.4, -0.2) is 44.9 Å². The fraction of sp³-hybridized carbons (Fsp3) is 0.300. The number of rotatable bonds is 6. The van der Waals surface area contributed by atoms with Crippen LogP contribution in [0.4, 0.5) is 10.1 Å². The first-order valence-corrected chi connectivity index (χ1v) is 10.6. The minimum Gasteiger partial charge on any atom is -0.452 e. The number of amides is 1. The van der Waals surface area contributed by atoms with Gasteiger partial charge in [0.25, 0.3) is 15.9 Å². The number of benzene rings is 2. The van der Waals surface area contributed by atoms with Crippen molar-refractivity contribution in [2.45, 2.75) is 24.7 Å². The first kappa shape index (κ1) is 20.8. The fourth-order valence-corrected chi connectivity index (χ4v) is 4.43. The van der Waals surface area contributed by atoms with E-state index in [1.165, 1.54) is 19.1 Å². The molecule has 0 spiro atoms. The number of ether oxygens (including phenoxy) is 1. The molecule has 2 aromatic rings. The molecule has 7 nitrogen and oxygen atoms in total. The van der Waals surface area contributed by atoms with Crippen LogP contribution in [0, 0.1) is 12.7 Å². The molecule has 1 heterocycles. The number of hydrogen-bond donors (Lipinski definition) is 1. The minimum atomic E-state index is -4.06. The third-order valence-corrected chi connectivity index (χ3v) is 6.13. The number of halogens is 1. The summed E-state index contributed by atoms with van der Waals surface area (Å²) < 4.78 is 46.1. The van der Waals surface area contributed by atoms with Crippen LogP contribution in [0.3, 0.4) is 0 Å². The summed E-state index contributed by atoms with van der Waals surface area (Å²) in [6.07, 6.45) is 1.85. The number of esters is 1. The standard InChI is InChI=1S/C20H21FN2O5S/c1-14-12-15(21)8-9-18(14)29(26,27)22-17-7-3-2-6-16(17)20(25)28-13-19(24)23-10-4-5-11-23/h2-3,6-9,12,22H,4-5,10-11,13H2,1H3. The van der Waals surface area contributed by atoms with E-state index >= 15 is 0 Å². The number of nitrogens with zero attached hydrogens (tertiary/aromatic N) is 1. The van der Waals surface area contributed by atoms with Crippen LogP contribution >= 0.6 is 0 Å². The monoisotopic (exact) mass is 420 g/mol. The minimum absolute atomic E-state index is 0.00912. The quantitative estimate of drug-likeness (QED) is 0.726. The van der Waals surface area contributed by atoms with E-state index in [0.717, 1.165) is 31.0 Å². The maximum atomic E-state index is 13.3. The second-order valence-corrected chi connectivity index (χ2v) is 8.38. The summed E-state index contributed by atoms with van der Waals surface area (Å²) in [6.45, 7) is 2.35. The molecule has 0 saturated carbocycles. The average molecular weight is 420 g/mol. The smallest absolute Gasteiger partial charge is 0.340 e. The Bertz CT molecular complexity index is 1030. The number of carbonyl (C=O) groups excluding carboxylic acids is 2. The zero-order valence-corrected chi connectivity index (χ0v) is 16.7. The van der Waals surface area contributed by atoms with Gasteiger partial charge in [-0.2, -0.15) is 0 Å². The van der Waals surface area contributed by atoms with Crippen LogP contribution < -0.4 is 4.72 Å². The van der Waals surface area contributed by atoms with Crippen LogP contribution in [0.5, 0.6) is 0 Å². The van der Waals surface area contributed by atoms with Gasteiger partial charge in [0.1, 0.15) is 5.82 Å². The Balaban J connectivity index is 1.76. The van der Waals surface area contributed by atoms with Gasteiger partial charge in [0.05, 0.1) is 16.1 Å². The lowest BCUT2D eigenvalue weighted by molar-refractivity contribution is -0.133. The molecule has 0 bridgehead atoms. The third kappa shape index (κ3) is 4.92. The molecule has 3 rings (SSSR count). The highest BCUT2D eigenvalue weighted by Gasteiger charge is 2.23. The summed E-state index contributed by atoms with van der Waals surface area (Å²) in [7, 11) is -4.06. The van der Waals surface area contributed by atoms with Crippen molar-refractivity contribution in [2.75, 3.05) is 24.4 Å². The zero-order chi connectivity index (χ0) is 21.0. The van der Waals surface area contributed by atoms with E-state index in [1.54, 1.807) is 17.0 Å². The van der Waals surface area contributed by atoms with E-state index in [1.807, 2.05) is 0 Å². The molecule has 0 aromatic heterocycles. The third-order valence-electron chi connectivity index (χ3n) is 4.60. The molecule has 0 radical (unpaired) electrons. The molecule has 1 fully saturated rings. The molecule has 0 aliphatic carbocycles. The molecular weight excluding hydrogens is 399 g/mol. The van der Waals surface area contributed by atoms with Gasteiger partial charge in [0, 0.05) is 13.1 Å². The second kappa shape index (κ2) is 8.60. The van der Waals surface area contributed by atoms with Gasteiger partial charge in [-0.1, -0.05) is 12.1 Å². The van der Waals surface area contributed by atoms with E-state index in [-0.39, 0.29) is 27.6 Å². The fourth-order valence-electron chi connectivity index (χ4n) is 3.13. The molecule has 1 saturated heterocycles. The molecule has 1 amide bonds. The Morgan fingerprint density at radius 1 is 1.14 bits per heavy atom. The molecule has 2 aromatic carbocycles. The predicted octanol–water partition coefficient (Wildman–Crippen LogP) is 2.71. The molecule has 0 unspecified atom stereocenters. The molecule has 0 atom stereocenters. The Labute approximate surface area is 168 Å². The molecule has 1 N–H and O–H groups in total. The number of aryl methyl sites for hydroxylation is 1. The summed E-state index contributed by atoms with van der Waals surface area (Å²) in [4.78, 5) is 26.0. The predicted molar refractivity (Wildman–Crippen MR) is 104 cm³/mol. The Morgan fingerprint density at radius 2 is 1.83 bits per heavy atom. The van der Waals surface area contributed by atoms with Crippen molar-refractivity contribution in [1.82, 2.24) is 4.90 Å². The van der Waals surface area contributed by atoms with Crippen molar-refractivity contribution in [3.8, 4) is 0 Å². The van der Waals surface area contributed by atoms with Crippen LogP contribution in [-0.2, 0) is 19.6 Å². The number of carbonyl (C=O) groups is 2. The van der Waals surface area contributed by atoms with Crippen molar-refractivity contribution < 1.29 is 27.1 Å². The molecular formula is C20H21FN2O5S. The number of likely N-dealkylation sites (tertiary alicyclic amines) is 1. The van der Waals surface area contributed by atoms with Gasteiger partial charge in [-0.15, -0.1) is 0 Å². The van der Waals surface area contributed by atoms with Crippen molar-refractivity contribution in [3.05, 3.63) is 59.4 Å². The average Bonchev–Trinajstić information content (AvgIpc) is 3.20. The second-order valence-electron chi connectivity index (χ2n) is 6.72. The lowest BCUT2D eigenvalue weighted by atomic mass is 10.2. The van der Waals surface area contributed by atoms with Gasteiger partial charge in [-0.3, -0.25) is 9.52 Å².